The SMILES string of the molecule is CCC.Cc1cc2c(C)c[nH]c2cc1NC(=O)c1c[nH]c2ccccc2c1=O. The fourth-order valence-corrected chi connectivity index (χ4v) is 3.08. The fourth-order valence-electron chi connectivity index (χ4n) is 3.08. The number of para-hydroxylation sites is 1. The first-order valence-electron chi connectivity index (χ1n) is 9.46. The molecule has 4 aromatic rings. The molecule has 2 aromatic heterocycles. The number of aromatic amines is 2. The first-order chi connectivity index (χ1) is 13.5. The lowest BCUT2D eigenvalue weighted by molar-refractivity contribution is 0.102. The van der Waals surface area contributed by atoms with Crippen molar-refractivity contribution in [1.82, 2.24) is 9.97 Å². The number of pyridine rings is 1. The molecule has 0 bridgehead atoms. The van der Waals surface area contributed by atoms with Crippen LogP contribution in [0.4, 0.5) is 5.69 Å². The molecule has 0 aliphatic rings. The number of carbonyl (C=O) groups excluding carboxylic acids is 1. The van der Waals surface area contributed by atoms with E-state index in [1.165, 1.54) is 12.6 Å². The second kappa shape index (κ2) is 8.13. The molecule has 4 rings (SSSR count). The maximum absolute atomic E-state index is 12.6. The molecule has 5 heteroatoms. The van der Waals surface area contributed by atoms with Gasteiger partial charge < -0.3 is 15.3 Å². The standard InChI is InChI=1S/C20H17N3O2.C3H8/c1-11-7-14-12(2)9-21-18(14)8-17(11)23-20(25)15-10-22-16-6-4-3-5-13(16)19(15)24;1-3-2/h3-10,21H,1-2H3,(H,22,24)(H,23,25);3H2,1-2H3. The van der Waals surface area contributed by atoms with Gasteiger partial charge in [0.1, 0.15) is 5.56 Å². The Morgan fingerprint density at radius 2 is 1.61 bits per heavy atom. The van der Waals surface area contributed by atoms with E-state index in [1.807, 2.05) is 44.3 Å². The molecule has 0 saturated heterocycles. The van der Waals surface area contributed by atoms with Crippen molar-refractivity contribution >= 4 is 33.4 Å². The third-order valence-corrected chi connectivity index (χ3v) is 4.51. The van der Waals surface area contributed by atoms with Crippen molar-refractivity contribution in [3.05, 3.63) is 75.7 Å². The molecular weight excluding hydrogens is 350 g/mol. The van der Waals surface area contributed by atoms with Gasteiger partial charge in [0.05, 0.1) is 0 Å². The van der Waals surface area contributed by atoms with E-state index in [2.05, 4.69) is 29.1 Å². The minimum Gasteiger partial charge on any atom is -0.361 e. The molecule has 0 aliphatic heterocycles. The molecule has 0 unspecified atom stereocenters. The van der Waals surface area contributed by atoms with Crippen LogP contribution in [-0.4, -0.2) is 15.9 Å². The van der Waals surface area contributed by atoms with Crippen LogP contribution >= 0.6 is 0 Å². The number of benzene rings is 2. The van der Waals surface area contributed by atoms with E-state index in [4.69, 9.17) is 0 Å². The highest BCUT2D eigenvalue weighted by Crippen LogP contribution is 2.25. The summed E-state index contributed by atoms with van der Waals surface area (Å²) in [6, 6.07) is 11.1. The largest absolute Gasteiger partial charge is 0.361 e. The van der Waals surface area contributed by atoms with E-state index in [0.717, 1.165) is 22.0 Å². The minimum absolute atomic E-state index is 0.0980. The molecule has 0 radical (unpaired) electrons. The third kappa shape index (κ3) is 3.69. The van der Waals surface area contributed by atoms with Gasteiger partial charge in [0, 0.05) is 39.9 Å². The molecule has 5 nitrogen and oxygen atoms in total. The summed E-state index contributed by atoms with van der Waals surface area (Å²) in [7, 11) is 0. The molecule has 0 saturated carbocycles. The molecule has 0 spiro atoms. The molecule has 3 N–H and O–H groups in total. The van der Waals surface area contributed by atoms with Gasteiger partial charge in [0.25, 0.3) is 5.91 Å². The summed E-state index contributed by atoms with van der Waals surface area (Å²) >= 11 is 0. The maximum Gasteiger partial charge on any atom is 0.261 e. The first-order valence-corrected chi connectivity index (χ1v) is 9.46. The highest BCUT2D eigenvalue weighted by atomic mass is 16.2. The van der Waals surface area contributed by atoms with Crippen LogP contribution in [0.15, 0.2) is 53.6 Å². The highest BCUT2D eigenvalue weighted by molar-refractivity contribution is 6.07. The third-order valence-electron chi connectivity index (χ3n) is 4.51. The monoisotopic (exact) mass is 375 g/mol. The van der Waals surface area contributed by atoms with Crippen LogP contribution in [0.3, 0.4) is 0 Å². The van der Waals surface area contributed by atoms with Gasteiger partial charge in [-0.3, -0.25) is 9.59 Å². The van der Waals surface area contributed by atoms with Gasteiger partial charge in [0.15, 0.2) is 0 Å². The van der Waals surface area contributed by atoms with Crippen molar-refractivity contribution in [3.63, 3.8) is 0 Å². The Balaban J connectivity index is 0.000000706. The number of H-pyrrole nitrogens is 2. The molecule has 0 aliphatic carbocycles. The number of hydrogen-bond acceptors (Lipinski definition) is 2. The zero-order valence-corrected chi connectivity index (χ0v) is 16.6. The number of amides is 1. The van der Waals surface area contributed by atoms with E-state index >= 15 is 0 Å². The van der Waals surface area contributed by atoms with Crippen LogP contribution in [0.5, 0.6) is 0 Å². The quantitative estimate of drug-likeness (QED) is 0.445. The van der Waals surface area contributed by atoms with Gasteiger partial charge in [-0.2, -0.15) is 0 Å². The van der Waals surface area contributed by atoms with Crippen LogP contribution in [0, 0.1) is 13.8 Å². The number of hydrogen-bond donors (Lipinski definition) is 3. The zero-order valence-electron chi connectivity index (χ0n) is 16.6. The van der Waals surface area contributed by atoms with E-state index in [1.54, 1.807) is 12.1 Å². The van der Waals surface area contributed by atoms with E-state index < -0.39 is 5.91 Å². The van der Waals surface area contributed by atoms with Gasteiger partial charge >= 0.3 is 0 Å². The Hall–Kier alpha value is -3.34. The molecular formula is C23H25N3O2. The van der Waals surface area contributed by atoms with Crippen molar-refractivity contribution in [3.8, 4) is 0 Å². The van der Waals surface area contributed by atoms with E-state index in [-0.39, 0.29) is 11.0 Å². The summed E-state index contributed by atoms with van der Waals surface area (Å²) in [5, 5.41) is 4.48. The molecule has 144 valence electrons. The molecule has 0 atom stereocenters. The number of rotatable bonds is 2. The van der Waals surface area contributed by atoms with Gasteiger partial charge in [-0.1, -0.05) is 32.4 Å². The average Bonchev–Trinajstić information content (AvgIpc) is 3.03. The van der Waals surface area contributed by atoms with Crippen LogP contribution in [0.1, 0.15) is 41.8 Å². The van der Waals surface area contributed by atoms with Gasteiger partial charge in [-0.15, -0.1) is 0 Å². The van der Waals surface area contributed by atoms with E-state index in [0.29, 0.717) is 16.6 Å². The minimum atomic E-state index is -0.419. The number of nitrogens with one attached hydrogen (secondary N) is 3. The predicted octanol–water partition coefficient (Wildman–Crippen LogP) is 5.29. The number of fused-ring (bicyclic) bond motifs is 2. The summed E-state index contributed by atoms with van der Waals surface area (Å²) < 4.78 is 0. The summed E-state index contributed by atoms with van der Waals surface area (Å²) in [5.74, 6) is -0.419. The second-order valence-electron chi connectivity index (χ2n) is 6.92. The number of carbonyl (C=O) groups is 1. The summed E-state index contributed by atoms with van der Waals surface area (Å²) in [6.07, 6.45) is 4.65. The number of aromatic nitrogens is 2. The van der Waals surface area contributed by atoms with Crippen molar-refractivity contribution < 1.29 is 4.79 Å². The topological polar surface area (TPSA) is 77.8 Å². The smallest absolute Gasteiger partial charge is 0.261 e. The number of aryl methyl sites for hydroxylation is 2. The Labute approximate surface area is 163 Å². The Morgan fingerprint density at radius 1 is 0.929 bits per heavy atom. The van der Waals surface area contributed by atoms with Crippen LogP contribution in [0.2, 0.25) is 0 Å². The Kier molecular flexibility index (Phi) is 5.64. The van der Waals surface area contributed by atoms with Crippen LogP contribution in [-0.2, 0) is 0 Å². The lowest BCUT2D eigenvalue weighted by Gasteiger charge is -2.09. The van der Waals surface area contributed by atoms with Crippen molar-refractivity contribution in [2.24, 2.45) is 0 Å². The van der Waals surface area contributed by atoms with Gasteiger partial charge in [0.2, 0.25) is 5.43 Å². The first kappa shape index (κ1) is 19.4. The Bertz CT molecular complexity index is 1200. The average molecular weight is 375 g/mol. The van der Waals surface area contributed by atoms with Gasteiger partial charge in [-0.25, -0.2) is 0 Å². The van der Waals surface area contributed by atoms with Crippen LogP contribution in [0.25, 0.3) is 21.8 Å². The normalized spacial score (nSPS) is 10.6. The molecule has 1 amide bonds. The van der Waals surface area contributed by atoms with Crippen molar-refractivity contribution in [2.75, 3.05) is 5.32 Å². The molecule has 28 heavy (non-hydrogen) atoms. The number of anilines is 1. The molecule has 0 fully saturated rings. The highest BCUT2D eigenvalue weighted by Gasteiger charge is 2.14. The summed E-state index contributed by atoms with van der Waals surface area (Å²) in [6.45, 7) is 8.22. The maximum atomic E-state index is 12.6. The predicted molar refractivity (Wildman–Crippen MR) is 116 cm³/mol. The lowest BCUT2D eigenvalue weighted by atomic mass is 10.1. The van der Waals surface area contributed by atoms with Crippen molar-refractivity contribution in [2.45, 2.75) is 34.1 Å². The van der Waals surface area contributed by atoms with E-state index in [9.17, 15) is 9.59 Å². The molecule has 2 aromatic carbocycles. The fraction of sp³-hybridized carbons (Fsp3) is 0.217. The molecule has 2 heterocycles. The zero-order chi connectivity index (χ0) is 20.3. The summed E-state index contributed by atoms with van der Waals surface area (Å²) in [4.78, 5) is 31.4. The van der Waals surface area contributed by atoms with Crippen LogP contribution < -0.4 is 10.7 Å². The lowest BCUT2D eigenvalue weighted by Crippen LogP contribution is -2.22. The van der Waals surface area contributed by atoms with Gasteiger partial charge in [-0.05, 0) is 49.2 Å². The second-order valence-corrected chi connectivity index (χ2v) is 6.92. The summed E-state index contributed by atoms with van der Waals surface area (Å²) in [5.41, 5.74) is 4.27. The Morgan fingerprint density at radius 3 is 2.36 bits per heavy atom. The van der Waals surface area contributed by atoms with Crippen molar-refractivity contribution in [1.29, 1.82) is 0 Å².